The molecule has 0 aliphatic carbocycles. The Hall–Kier alpha value is -2.47. The minimum absolute atomic E-state index is 0.215. The van der Waals surface area contributed by atoms with Crippen molar-refractivity contribution in [3.63, 3.8) is 0 Å². The summed E-state index contributed by atoms with van der Waals surface area (Å²) in [6.45, 7) is 2.25. The number of piperidine rings is 1. The molecule has 2 unspecified atom stereocenters. The average molecular weight is 504 g/mol. The lowest BCUT2D eigenvalue weighted by Gasteiger charge is -2.46. The molecule has 1 aromatic rings. The second-order valence-electron chi connectivity index (χ2n) is 8.34. The lowest BCUT2D eigenvalue weighted by molar-refractivity contribution is -0.274. The molecular weight excluding hydrogens is 475 g/mol. The molecule has 1 aromatic carbocycles. The number of carboxylic acids is 1. The Morgan fingerprint density at radius 2 is 1.88 bits per heavy atom. The number of nitrogens with one attached hydrogen (secondary N) is 1. The van der Waals surface area contributed by atoms with Gasteiger partial charge in [-0.2, -0.15) is 11.8 Å². The summed E-state index contributed by atoms with van der Waals surface area (Å²) in [4.78, 5) is 41.0. The van der Waals surface area contributed by atoms with Crippen LogP contribution in [0.25, 0.3) is 0 Å². The van der Waals surface area contributed by atoms with Crippen molar-refractivity contribution in [3.8, 4) is 5.75 Å². The molecule has 0 bridgehead atoms. The van der Waals surface area contributed by atoms with Crippen molar-refractivity contribution >= 4 is 29.5 Å². The number of nitrogens with zero attached hydrogens (tertiary/aromatic N) is 2. The van der Waals surface area contributed by atoms with E-state index in [9.17, 15) is 32.7 Å². The zero-order valence-electron chi connectivity index (χ0n) is 18.9. The largest absolute Gasteiger partial charge is 0.573 e. The van der Waals surface area contributed by atoms with Gasteiger partial charge in [0.05, 0.1) is 11.7 Å². The van der Waals surface area contributed by atoms with Crippen LogP contribution < -0.4 is 10.1 Å². The van der Waals surface area contributed by atoms with Gasteiger partial charge in [0.15, 0.2) is 0 Å². The second kappa shape index (κ2) is 10.4. The molecule has 8 nitrogen and oxygen atoms in total. The Balaban J connectivity index is 1.73. The highest BCUT2D eigenvalue weighted by Gasteiger charge is 2.55. The Kier molecular flexibility index (Phi) is 8.02. The van der Waals surface area contributed by atoms with Gasteiger partial charge < -0.3 is 19.6 Å². The first-order valence-electron chi connectivity index (χ1n) is 11.0. The summed E-state index contributed by atoms with van der Waals surface area (Å²) in [5, 5.41) is 13.1. The predicted molar refractivity (Wildman–Crippen MR) is 119 cm³/mol. The van der Waals surface area contributed by atoms with Crippen LogP contribution in [0.5, 0.6) is 5.75 Å². The van der Waals surface area contributed by atoms with Crippen molar-refractivity contribution in [2.45, 2.75) is 56.7 Å². The van der Waals surface area contributed by atoms with Crippen LogP contribution in [0.3, 0.4) is 0 Å². The van der Waals surface area contributed by atoms with E-state index in [-0.39, 0.29) is 36.9 Å². The van der Waals surface area contributed by atoms with Crippen LogP contribution in [0.4, 0.5) is 13.2 Å². The third-order valence-corrected chi connectivity index (χ3v) is 6.89. The quantitative estimate of drug-likeness (QED) is 0.563. The molecule has 2 aliphatic heterocycles. The number of halogens is 3. The zero-order valence-corrected chi connectivity index (χ0v) is 19.7. The van der Waals surface area contributed by atoms with Crippen molar-refractivity contribution < 1.29 is 37.4 Å². The van der Waals surface area contributed by atoms with Crippen LogP contribution in [0.2, 0.25) is 0 Å². The summed E-state index contributed by atoms with van der Waals surface area (Å²) < 4.78 is 40.9. The van der Waals surface area contributed by atoms with Crippen LogP contribution in [-0.2, 0) is 9.59 Å². The zero-order chi connectivity index (χ0) is 25.1. The van der Waals surface area contributed by atoms with Crippen molar-refractivity contribution in [1.29, 1.82) is 0 Å². The van der Waals surface area contributed by atoms with Crippen molar-refractivity contribution in [3.05, 3.63) is 29.8 Å². The Morgan fingerprint density at radius 1 is 1.26 bits per heavy atom. The average Bonchev–Trinajstić information content (AvgIpc) is 3.03. The molecule has 12 heteroatoms. The fourth-order valence-corrected chi connectivity index (χ4v) is 5.10. The van der Waals surface area contributed by atoms with Crippen LogP contribution >= 0.6 is 11.8 Å². The van der Waals surface area contributed by atoms with E-state index in [1.165, 1.54) is 17.0 Å². The van der Waals surface area contributed by atoms with Crippen LogP contribution in [0.1, 0.15) is 43.0 Å². The van der Waals surface area contributed by atoms with E-state index in [1.807, 2.05) is 6.26 Å². The van der Waals surface area contributed by atoms with Gasteiger partial charge >= 0.3 is 12.3 Å². The predicted octanol–water partition coefficient (Wildman–Crippen LogP) is 2.93. The molecule has 2 amide bonds. The number of likely N-dealkylation sites (tertiary alicyclic amines) is 1. The topological polar surface area (TPSA) is 99.2 Å². The number of benzene rings is 1. The summed E-state index contributed by atoms with van der Waals surface area (Å²) in [6, 6.07) is 3.26. The van der Waals surface area contributed by atoms with Gasteiger partial charge in [-0.15, -0.1) is 13.2 Å². The fraction of sp³-hybridized carbons (Fsp3) is 0.591. The maximum absolute atomic E-state index is 13.2. The van der Waals surface area contributed by atoms with Gasteiger partial charge in [0.25, 0.3) is 5.91 Å². The Morgan fingerprint density at radius 3 is 2.38 bits per heavy atom. The van der Waals surface area contributed by atoms with Gasteiger partial charge in [0.2, 0.25) is 5.91 Å². The van der Waals surface area contributed by atoms with Crippen LogP contribution in [0.15, 0.2) is 24.3 Å². The maximum atomic E-state index is 13.2. The van der Waals surface area contributed by atoms with E-state index < -0.39 is 35.8 Å². The van der Waals surface area contributed by atoms with Gasteiger partial charge in [-0.05, 0) is 49.1 Å². The summed E-state index contributed by atoms with van der Waals surface area (Å²) in [6.07, 6.45) is -1.36. The monoisotopic (exact) mass is 503 g/mol. The Bertz CT molecular complexity index is 904. The molecule has 3 rings (SSSR count). The number of thioether (sulfide) groups is 1. The van der Waals surface area contributed by atoms with Crippen LogP contribution in [-0.4, -0.2) is 81.9 Å². The highest BCUT2D eigenvalue weighted by Crippen LogP contribution is 2.36. The van der Waals surface area contributed by atoms with Gasteiger partial charge in [-0.3, -0.25) is 14.9 Å². The van der Waals surface area contributed by atoms with E-state index >= 15 is 0 Å². The van der Waals surface area contributed by atoms with E-state index in [1.54, 1.807) is 23.6 Å². The first kappa shape index (κ1) is 26.1. The number of aliphatic carboxylic acids is 1. The molecule has 0 radical (unpaired) electrons. The standard InChI is InChI=1S/C22H28F3N3O5S/c1-3-17(20(31)32)28-19(30)16(8-13-34-2)26-21(28)9-11-27(12-10-21)18(29)14-4-6-15(7-5-14)33-22(23,24)25/h4-7,16-17,26H,3,8-13H2,1-2H3,(H,31,32). The van der Waals surface area contributed by atoms with Gasteiger partial charge in [-0.1, -0.05) is 6.92 Å². The number of hydrogen-bond donors (Lipinski definition) is 2. The third-order valence-electron chi connectivity index (χ3n) is 6.25. The molecule has 2 aliphatic rings. The molecule has 1 spiro atoms. The summed E-state index contributed by atoms with van der Waals surface area (Å²) in [7, 11) is 0. The van der Waals surface area contributed by atoms with Crippen molar-refractivity contribution in [2.75, 3.05) is 25.1 Å². The van der Waals surface area contributed by atoms with Crippen molar-refractivity contribution in [1.82, 2.24) is 15.1 Å². The molecule has 2 heterocycles. The molecular formula is C22H28F3N3O5S. The molecule has 2 atom stereocenters. The minimum Gasteiger partial charge on any atom is -0.480 e. The number of amides is 2. The molecule has 188 valence electrons. The maximum Gasteiger partial charge on any atom is 0.573 e. The van der Waals surface area contributed by atoms with Gasteiger partial charge in [0, 0.05) is 31.5 Å². The van der Waals surface area contributed by atoms with Gasteiger partial charge in [-0.25, -0.2) is 4.79 Å². The molecule has 0 aromatic heterocycles. The normalized spacial score (nSPS) is 21.1. The lowest BCUT2D eigenvalue weighted by atomic mass is 9.93. The first-order valence-corrected chi connectivity index (χ1v) is 12.4. The fourth-order valence-electron chi connectivity index (χ4n) is 4.63. The third kappa shape index (κ3) is 5.60. The first-order chi connectivity index (χ1) is 16.0. The number of carbonyl (C=O) groups excluding carboxylic acids is 2. The molecule has 2 saturated heterocycles. The smallest absolute Gasteiger partial charge is 0.480 e. The van der Waals surface area contributed by atoms with Crippen LogP contribution in [0, 0.1) is 0 Å². The minimum atomic E-state index is -4.82. The van der Waals surface area contributed by atoms with E-state index in [2.05, 4.69) is 10.1 Å². The Labute approximate surface area is 199 Å². The highest BCUT2D eigenvalue weighted by molar-refractivity contribution is 7.98. The number of alkyl halides is 3. The lowest BCUT2D eigenvalue weighted by Crippen LogP contribution is -2.63. The highest BCUT2D eigenvalue weighted by atomic mass is 32.2. The van der Waals surface area contributed by atoms with E-state index in [4.69, 9.17) is 0 Å². The number of carbonyl (C=O) groups is 3. The SMILES string of the molecule is CCC(C(=O)O)N1C(=O)C(CCSC)NC12CCN(C(=O)c1ccc(OC(F)(F)F)cc1)CC2. The van der Waals surface area contributed by atoms with Crippen molar-refractivity contribution in [2.24, 2.45) is 0 Å². The molecule has 2 N–H and O–H groups in total. The van der Waals surface area contributed by atoms with E-state index in [0.29, 0.717) is 19.3 Å². The molecule has 2 fully saturated rings. The summed E-state index contributed by atoms with van der Waals surface area (Å²) in [5.41, 5.74) is -0.645. The molecule has 0 saturated carbocycles. The number of hydrogen-bond acceptors (Lipinski definition) is 6. The second-order valence-corrected chi connectivity index (χ2v) is 9.33. The number of carboxylic acid groups (broad SMARTS) is 1. The summed E-state index contributed by atoms with van der Waals surface area (Å²) >= 11 is 1.60. The van der Waals surface area contributed by atoms with Gasteiger partial charge in [0.1, 0.15) is 11.8 Å². The van der Waals surface area contributed by atoms with E-state index in [0.717, 1.165) is 17.9 Å². The number of ether oxygens (including phenoxy) is 1. The summed E-state index contributed by atoms with van der Waals surface area (Å²) in [5.74, 6) is -1.32. The number of rotatable bonds is 8. The molecule has 34 heavy (non-hydrogen) atoms.